The van der Waals surface area contributed by atoms with E-state index in [1.54, 1.807) is 12.2 Å². The summed E-state index contributed by atoms with van der Waals surface area (Å²) in [6.45, 7) is 0. The maximum absolute atomic E-state index is 12.5. The fraction of sp³-hybridized carbons (Fsp3) is 0.333. The summed E-state index contributed by atoms with van der Waals surface area (Å²) in [5.41, 5.74) is -0.258. The first-order chi connectivity index (χ1) is 10.3. The lowest BCUT2D eigenvalue weighted by Crippen LogP contribution is -2.31. The fourth-order valence-electron chi connectivity index (χ4n) is 2.46. The molecule has 0 spiro atoms. The van der Waals surface area contributed by atoms with Crippen LogP contribution in [0.4, 0.5) is 13.2 Å². The Morgan fingerprint density at radius 1 is 1.09 bits per heavy atom. The van der Waals surface area contributed by atoms with Gasteiger partial charge in [0.1, 0.15) is 5.75 Å². The molecule has 1 N–H and O–H groups in total. The monoisotopic (exact) mass is 314 g/mol. The number of ketones is 1. The molecule has 7 heteroatoms. The number of carbonyl (C=O) groups excluding carboxylic acids is 1. The normalized spacial score (nSPS) is 21.4. The molecule has 4 nitrogen and oxygen atoms in total. The molecular formula is C15H13F3O4. The van der Waals surface area contributed by atoms with Gasteiger partial charge in [0.15, 0.2) is 5.78 Å². The summed E-state index contributed by atoms with van der Waals surface area (Å²) in [6.07, 6.45) is -1.25. The highest BCUT2D eigenvalue weighted by Crippen LogP contribution is 2.33. The van der Waals surface area contributed by atoms with Crippen molar-refractivity contribution in [1.29, 1.82) is 0 Å². The molecule has 0 aromatic heterocycles. The quantitative estimate of drug-likeness (QED) is 0.683. The van der Waals surface area contributed by atoms with Crippen LogP contribution in [0.2, 0.25) is 0 Å². The van der Waals surface area contributed by atoms with E-state index in [1.807, 2.05) is 0 Å². The lowest BCUT2D eigenvalue weighted by Gasteiger charge is -2.24. The van der Waals surface area contributed by atoms with E-state index < -0.39 is 35.7 Å². The number of benzene rings is 1. The highest BCUT2D eigenvalue weighted by atomic mass is 19.4. The highest BCUT2D eigenvalue weighted by molar-refractivity contribution is 6.02. The van der Waals surface area contributed by atoms with Gasteiger partial charge in [0.2, 0.25) is 0 Å². The average Bonchev–Trinajstić information content (AvgIpc) is 2.45. The smallest absolute Gasteiger partial charge is 0.481 e. The van der Waals surface area contributed by atoms with Gasteiger partial charge in [0, 0.05) is 5.92 Å². The number of alkyl halides is 3. The van der Waals surface area contributed by atoms with Crippen molar-refractivity contribution in [3.05, 3.63) is 42.0 Å². The number of halogens is 3. The van der Waals surface area contributed by atoms with Crippen molar-refractivity contribution < 1.29 is 32.6 Å². The molecule has 2 rings (SSSR count). The minimum Gasteiger partial charge on any atom is -0.481 e. The minimum absolute atomic E-state index is 0.175. The molecule has 0 saturated heterocycles. The molecule has 0 aliphatic heterocycles. The summed E-state index contributed by atoms with van der Waals surface area (Å²) in [4.78, 5) is 23.7. The van der Waals surface area contributed by atoms with Gasteiger partial charge in [-0.1, -0.05) is 24.3 Å². The summed E-state index contributed by atoms with van der Waals surface area (Å²) in [6, 6.07) is 4.97. The standard InChI is InChI=1S/C15H13F3O4/c16-15(17,18)22-12-8-4-3-7-11(12)13(19)9-5-1-2-6-10(9)14(20)21/h1-4,7-10H,5-6H2,(H,20,21). The van der Waals surface area contributed by atoms with Crippen LogP contribution in [0, 0.1) is 11.8 Å². The topological polar surface area (TPSA) is 63.6 Å². The second-order valence-corrected chi connectivity index (χ2v) is 4.90. The number of allylic oxidation sites excluding steroid dienone is 2. The summed E-state index contributed by atoms with van der Waals surface area (Å²) in [5.74, 6) is -4.26. The van der Waals surface area contributed by atoms with Crippen LogP contribution >= 0.6 is 0 Å². The Labute approximate surface area is 124 Å². The molecule has 1 aliphatic rings. The molecular weight excluding hydrogens is 301 g/mol. The summed E-state index contributed by atoms with van der Waals surface area (Å²) in [5, 5.41) is 9.16. The van der Waals surface area contributed by atoms with Crippen LogP contribution in [0.5, 0.6) is 5.75 Å². The van der Waals surface area contributed by atoms with Gasteiger partial charge in [-0.15, -0.1) is 13.2 Å². The third kappa shape index (κ3) is 3.66. The van der Waals surface area contributed by atoms with Crippen LogP contribution < -0.4 is 4.74 Å². The van der Waals surface area contributed by atoms with E-state index in [4.69, 9.17) is 5.11 Å². The summed E-state index contributed by atoms with van der Waals surface area (Å²) in [7, 11) is 0. The Hall–Kier alpha value is -2.31. The van der Waals surface area contributed by atoms with Gasteiger partial charge in [-0.25, -0.2) is 0 Å². The number of para-hydroxylation sites is 1. The Kier molecular flexibility index (Phi) is 4.54. The Balaban J connectivity index is 2.33. The zero-order chi connectivity index (χ0) is 16.3. The van der Waals surface area contributed by atoms with Gasteiger partial charge >= 0.3 is 12.3 Å². The van der Waals surface area contributed by atoms with Crippen molar-refractivity contribution in [1.82, 2.24) is 0 Å². The van der Waals surface area contributed by atoms with E-state index >= 15 is 0 Å². The van der Waals surface area contributed by atoms with E-state index in [9.17, 15) is 22.8 Å². The maximum atomic E-state index is 12.5. The van der Waals surface area contributed by atoms with Crippen molar-refractivity contribution in [2.45, 2.75) is 19.2 Å². The molecule has 2 atom stereocenters. The predicted molar refractivity (Wildman–Crippen MR) is 70.4 cm³/mol. The molecule has 1 aromatic rings. The number of carboxylic acids is 1. The van der Waals surface area contributed by atoms with Crippen LogP contribution in [-0.4, -0.2) is 23.2 Å². The van der Waals surface area contributed by atoms with Crippen molar-refractivity contribution in [3.8, 4) is 5.75 Å². The van der Waals surface area contributed by atoms with Crippen molar-refractivity contribution in [2.24, 2.45) is 11.8 Å². The van der Waals surface area contributed by atoms with Crippen LogP contribution in [0.3, 0.4) is 0 Å². The molecule has 0 fully saturated rings. The van der Waals surface area contributed by atoms with Crippen LogP contribution in [0.25, 0.3) is 0 Å². The van der Waals surface area contributed by atoms with E-state index in [0.717, 1.165) is 6.07 Å². The van der Waals surface area contributed by atoms with Gasteiger partial charge in [-0.05, 0) is 25.0 Å². The molecule has 0 bridgehead atoms. The Morgan fingerprint density at radius 3 is 2.27 bits per heavy atom. The number of carbonyl (C=O) groups is 2. The number of rotatable bonds is 4. The Bertz CT molecular complexity index is 607. The van der Waals surface area contributed by atoms with Crippen LogP contribution in [0.1, 0.15) is 23.2 Å². The molecule has 1 aliphatic carbocycles. The van der Waals surface area contributed by atoms with Crippen molar-refractivity contribution in [3.63, 3.8) is 0 Å². The lowest BCUT2D eigenvalue weighted by molar-refractivity contribution is -0.274. The zero-order valence-corrected chi connectivity index (χ0v) is 11.3. The first-order valence-electron chi connectivity index (χ1n) is 6.56. The minimum atomic E-state index is -4.92. The fourth-order valence-corrected chi connectivity index (χ4v) is 2.46. The highest BCUT2D eigenvalue weighted by Gasteiger charge is 2.37. The average molecular weight is 314 g/mol. The zero-order valence-electron chi connectivity index (χ0n) is 11.3. The number of carboxylic acid groups (broad SMARTS) is 1. The third-order valence-electron chi connectivity index (χ3n) is 3.46. The molecule has 22 heavy (non-hydrogen) atoms. The second-order valence-electron chi connectivity index (χ2n) is 4.90. The number of hydrogen-bond acceptors (Lipinski definition) is 3. The van der Waals surface area contributed by atoms with E-state index in [0.29, 0.717) is 0 Å². The molecule has 0 saturated carbocycles. The van der Waals surface area contributed by atoms with E-state index in [-0.39, 0.29) is 18.4 Å². The van der Waals surface area contributed by atoms with Crippen LogP contribution in [-0.2, 0) is 4.79 Å². The number of hydrogen-bond donors (Lipinski definition) is 1. The van der Waals surface area contributed by atoms with Gasteiger partial charge in [-0.3, -0.25) is 9.59 Å². The molecule has 0 amide bonds. The van der Waals surface area contributed by atoms with Crippen LogP contribution in [0.15, 0.2) is 36.4 Å². The second kappa shape index (κ2) is 6.21. The first kappa shape index (κ1) is 16.1. The van der Waals surface area contributed by atoms with E-state index in [2.05, 4.69) is 4.74 Å². The molecule has 118 valence electrons. The van der Waals surface area contributed by atoms with E-state index in [1.165, 1.54) is 18.2 Å². The van der Waals surface area contributed by atoms with Crippen molar-refractivity contribution in [2.75, 3.05) is 0 Å². The number of aliphatic carboxylic acids is 1. The van der Waals surface area contributed by atoms with Gasteiger partial charge < -0.3 is 9.84 Å². The Morgan fingerprint density at radius 2 is 1.68 bits per heavy atom. The SMILES string of the molecule is O=C(O)C1CC=CCC1C(=O)c1ccccc1OC(F)(F)F. The molecule has 1 aromatic carbocycles. The largest absolute Gasteiger partial charge is 0.573 e. The van der Waals surface area contributed by atoms with Gasteiger partial charge in [0.05, 0.1) is 11.5 Å². The number of Topliss-reactive ketones (excluding diaryl/α,β-unsaturated/α-hetero) is 1. The molecule has 0 heterocycles. The van der Waals surface area contributed by atoms with Gasteiger partial charge in [-0.2, -0.15) is 0 Å². The van der Waals surface area contributed by atoms with Crippen molar-refractivity contribution >= 4 is 11.8 Å². The molecule has 2 unspecified atom stereocenters. The lowest BCUT2D eigenvalue weighted by atomic mass is 9.78. The number of ether oxygens (including phenoxy) is 1. The third-order valence-corrected chi connectivity index (χ3v) is 3.46. The summed E-state index contributed by atoms with van der Waals surface area (Å²) >= 11 is 0. The van der Waals surface area contributed by atoms with Gasteiger partial charge in [0.25, 0.3) is 0 Å². The maximum Gasteiger partial charge on any atom is 0.573 e. The first-order valence-corrected chi connectivity index (χ1v) is 6.56. The molecule has 0 radical (unpaired) electrons. The predicted octanol–water partition coefficient (Wildman–Crippen LogP) is 3.43. The summed E-state index contributed by atoms with van der Waals surface area (Å²) < 4.78 is 41.0.